The van der Waals surface area contributed by atoms with Gasteiger partial charge in [0, 0.05) is 19.1 Å². The van der Waals surface area contributed by atoms with Crippen molar-refractivity contribution in [2.45, 2.75) is 27.2 Å². The third kappa shape index (κ3) is 8.39. The van der Waals surface area contributed by atoms with Crippen LogP contribution in [-0.4, -0.2) is 38.0 Å². The zero-order valence-electron chi connectivity index (χ0n) is 10.1. The minimum absolute atomic E-state index is 0.0162. The first-order chi connectivity index (χ1) is 6.87. The van der Waals surface area contributed by atoms with Gasteiger partial charge in [-0.1, -0.05) is 20.8 Å². The zero-order valence-corrected chi connectivity index (χ0v) is 10.1. The summed E-state index contributed by atoms with van der Waals surface area (Å²) in [6.07, 6.45) is 0.157. The molecule has 0 aliphatic carbocycles. The van der Waals surface area contributed by atoms with Crippen LogP contribution in [0.5, 0.6) is 0 Å². The van der Waals surface area contributed by atoms with Crippen LogP contribution in [0.2, 0.25) is 0 Å². The Morgan fingerprint density at radius 3 is 2.47 bits per heavy atom. The molecular formula is C11H22O4. The van der Waals surface area contributed by atoms with Crippen LogP contribution in [0.3, 0.4) is 0 Å². The molecule has 15 heavy (non-hydrogen) atoms. The predicted octanol–water partition coefficient (Wildman–Crippen LogP) is 1.79. The highest BCUT2D eigenvalue weighted by Gasteiger charge is 2.18. The van der Waals surface area contributed by atoms with Gasteiger partial charge in [-0.05, 0) is 5.92 Å². The Balaban J connectivity index is 3.64. The molecule has 0 saturated carbocycles. The highest BCUT2D eigenvalue weighted by molar-refractivity contribution is 5.66. The van der Waals surface area contributed by atoms with Gasteiger partial charge < -0.3 is 14.6 Å². The Bertz CT molecular complexity index is 189. The monoisotopic (exact) mass is 218 g/mol. The van der Waals surface area contributed by atoms with Gasteiger partial charge in [-0.2, -0.15) is 0 Å². The normalized spacial score (nSPS) is 13.9. The Hall–Kier alpha value is -0.610. The van der Waals surface area contributed by atoms with E-state index in [1.807, 2.05) is 6.92 Å². The maximum absolute atomic E-state index is 10.4. The van der Waals surface area contributed by atoms with Crippen molar-refractivity contribution in [3.05, 3.63) is 0 Å². The molecule has 0 rings (SSSR count). The molecule has 0 heterocycles. The standard InChI is InChI=1S/C11H22O4/c1-9(5-10(12)13)6-15-8-11(2,3)7-14-4/h9H,5-8H2,1-4H3,(H,12,13). The van der Waals surface area contributed by atoms with Crippen LogP contribution < -0.4 is 0 Å². The lowest BCUT2D eigenvalue weighted by Crippen LogP contribution is -2.26. The van der Waals surface area contributed by atoms with Crippen molar-refractivity contribution in [3.8, 4) is 0 Å². The Morgan fingerprint density at radius 1 is 1.40 bits per heavy atom. The predicted molar refractivity (Wildman–Crippen MR) is 57.9 cm³/mol. The highest BCUT2D eigenvalue weighted by atomic mass is 16.5. The average Bonchev–Trinajstić information content (AvgIpc) is 2.01. The number of carboxylic acids is 1. The number of aliphatic carboxylic acids is 1. The van der Waals surface area contributed by atoms with Crippen molar-refractivity contribution in [2.75, 3.05) is 26.9 Å². The molecule has 1 N–H and O–H groups in total. The fourth-order valence-electron chi connectivity index (χ4n) is 1.33. The van der Waals surface area contributed by atoms with Gasteiger partial charge in [0.2, 0.25) is 0 Å². The van der Waals surface area contributed by atoms with Gasteiger partial charge in [0.05, 0.1) is 19.6 Å². The maximum atomic E-state index is 10.4. The molecule has 0 aromatic rings. The molecule has 4 heteroatoms. The fourth-order valence-corrected chi connectivity index (χ4v) is 1.33. The molecule has 1 atom stereocenters. The summed E-state index contributed by atoms with van der Waals surface area (Å²) in [7, 11) is 1.66. The summed E-state index contributed by atoms with van der Waals surface area (Å²) in [4.78, 5) is 10.4. The number of carbonyl (C=O) groups is 1. The number of hydrogen-bond acceptors (Lipinski definition) is 3. The van der Waals surface area contributed by atoms with Crippen molar-refractivity contribution in [1.29, 1.82) is 0 Å². The lowest BCUT2D eigenvalue weighted by Gasteiger charge is -2.24. The molecule has 0 saturated heterocycles. The summed E-state index contributed by atoms with van der Waals surface area (Å²) in [5.74, 6) is -0.719. The Morgan fingerprint density at radius 2 is 2.00 bits per heavy atom. The lowest BCUT2D eigenvalue weighted by atomic mass is 9.96. The van der Waals surface area contributed by atoms with Crippen LogP contribution in [0.25, 0.3) is 0 Å². The fraction of sp³-hybridized carbons (Fsp3) is 0.909. The molecule has 0 aromatic heterocycles. The topological polar surface area (TPSA) is 55.8 Å². The zero-order chi connectivity index (χ0) is 11.9. The van der Waals surface area contributed by atoms with Gasteiger partial charge in [-0.3, -0.25) is 4.79 Å². The summed E-state index contributed by atoms with van der Waals surface area (Å²) in [6.45, 7) is 7.69. The number of carboxylic acid groups (broad SMARTS) is 1. The maximum Gasteiger partial charge on any atom is 0.303 e. The summed E-state index contributed by atoms with van der Waals surface area (Å²) in [6, 6.07) is 0. The van der Waals surface area contributed by atoms with Gasteiger partial charge in [-0.15, -0.1) is 0 Å². The minimum Gasteiger partial charge on any atom is -0.481 e. The number of rotatable bonds is 8. The molecule has 0 amide bonds. The van der Waals surface area contributed by atoms with Crippen LogP contribution in [0, 0.1) is 11.3 Å². The third-order valence-corrected chi connectivity index (χ3v) is 1.95. The quantitative estimate of drug-likeness (QED) is 0.674. The van der Waals surface area contributed by atoms with Crippen molar-refractivity contribution in [1.82, 2.24) is 0 Å². The van der Waals surface area contributed by atoms with E-state index in [-0.39, 0.29) is 17.8 Å². The molecule has 0 aliphatic heterocycles. The van der Waals surface area contributed by atoms with E-state index in [2.05, 4.69) is 13.8 Å². The molecular weight excluding hydrogens is 196 g/mol. The summed E-state index contributed by atoms with van der Waals surface area (Å²) in [5.41, 5.74) is -0.0162. The molecule has 0 aliphatic rings. The average molecular weight is 218 g/mol. The second-order valence-corrected chi connectivity index (χ2v) is 4.82. The minimum atomic E-state index is -0.776. The first kappa shape index (κ1) is 14.4. The number of methoxy groups -OCH3 is 1. The molecule has 0 aromatic carbocycles. The summed E-state index contributed by atoms with van der Waals surface area (Å²) >= 11 is 0. The van der Waals surface area contributed by atoms with E-state index in [9.17, 15) is 4.79 Å². The van der Waals surface area contributed by atoms with Gasteiger partial charge in [0.25, 0.3) is 0 Å². The van der Waals surface area contributed by atoms with Crippen LogP contribution in [-0.2, 0) is 14.3 Å². The van der Waals surface area contributed by atoms with Crippen molar-refractivity contribution < 1.29 is 19.4 Å². The molecule has 0 fully saturated rings. The largest absolute Gasteiger partial charge is 0.481 e. The summed E-state index contributed by atoms with van der Waals surface area (Å²) < 4.78 is 10.5. The molecule has 90 valence electrons. The van der Waals surface area contributed by atoms with E-state index >= 15 is 0 Å². The van der Waals surface area contributed by atoms with E-state index in [0.29, 0.717) is 19.8 Å². The van der Waals surface area contributed by atoms with Gasteiger partial charge in [-0.25, -0.2) is 0 Å². The molecule has 1 unspecified atom stereocenters. The van der Waals surface area contributed by atoms with Crippen LogP contribution in [0.15, 0.2) is 0 Å². The van der Waals surface area contributed by atoms with Gasteiger partial charge in [0.1, 0.15) is 0 Å². The number of ether oxygens (including phenoxy) is 2. The van der Waals surface area contributed by atoms with E-state index in [4.69, 9.17) is 14.6 Å². The van der Waals surface area contributed by atoms with Crippen LogP contribution in [0.1, 0.15) is 27.2 Å². The molecule has 4 nitrogen and oxygen atoms in total. The second-order valence-electron chi connectivity index (χ2n) is 4.82. The van der Waals surface area contributed by atoms with E-state index in [1.54, 1.807) is 7.11 Å². The number of hydrogen-bond donors (Lipinski definition) is 1. The van der Waals surface area contributed by atoms with Crippen molar-refractivity contribution >= 4 is 5.97 Å². The molecule has 0 bridgehead atoms. The van der Waals surface area contributed by atoms with E-state index in [0.717, 1.165) is 0 Å². The van der Waals surface area contributed by atoms with E-state index in [1.165, 1.54) is 0 Å². The van der Waals surface area contributed by atoms with Crippen LogP contribution in [0.4, 0.5) is 0 Å². The highest BCUT2D eigenvalue weighted by Crippen LogP contribution is 2.16. The van der Waals surface area contributed by atoms with Crippen molar-refractivity contribution in [2.24, 2.45) is 11.3 Å². The molecule has 0 spiro atoms. The first-order valence-electron chi connectivity index (χ1n) is 5.16. The smallest absolute Gasteiger partial charge is 0.303 e. The van der Waals surface area contributed by atoms with Crippen LogP contribution >= 0.6 is 0 Å². The SMILES string of the molecule is COCC(C)(C)COCC(C)CC(=O)O. The second kappa shape index (κ2) is 6.80. The Kier molecular flexibility index (Phi) is 6.52. The van der Waals surface area contributed by atoms with Gasteiger partial charge >= 0.3 is 5.97 Å². The van der Waals surface area contributed by atoms with Gasteiger partial charge in [0.15, 0.2) is 0 Å². The van der Waals surface area contributed by atoms with Crippen molar-refractivity contribution in [3.63, 3.8) is 0 Å². The summed E-state index contributed by atoms with van der Waals surface area (Å²) in [5, 5.41) is 8.55. The first-order valence-corrected chi connectivity index (χ1v) is 5.16. The van der Waals surface area contributed by atoms with E-state index < -0.39 is 5.97 Å². The lowest BCUT2D eigenvalue weighted by molar-refractivity contribution is -0.138. The Labute approximate surface area is 91.6 Å². The third-order valence-electron chi connectivity index (χ3n) is 1.95. The molecule has 0 radical (unpaired) electrons.